The van der Waals surface area contributed by atoms with E-state index in [1.807, 2.05) is 31.3 Å². The van der Waals surface area contributed by atoms with E-state index in [-0.39, 0.29) is 5.91 Å². The quantitative estimate of drug-likeness (QED) is 0.360. The number of anilines is 1. The van der Waals surface area contributed by atoms with Gasteiger partial charge in [0.25, 0.3) is 5.91 Å². The Labute approximate surface area is 227 Å². The number of thiazole rings is 1. The average Bonchev–Trinajstić information content (AvgIpc) is 3.34. The van der Waals surface area contributed by atoms with Gasteiger partial charge in [-0.3, -0.25) is 20.1 Å². The molecule has 1 aromatic carbocycles. The van der Waals surface area contributed by atoms with E-state index in [2.05, 4.69) is 30.2 Å². The van der Waals surface area contributed by atoms with E-state index >= 15 is 0 Å². The lowest BCUT2D eigenvalue weighted by atomic mass is 9.99. The van der Waals surface area contributed by atoms with E-state index in [9.17, 15) is 4.79 Å². The van der Waals surface area contributed by atoms with Crippen LogP contribution in [0, 0.1) is 6.92 Å². The minimum absolute atomic E-state index is 0.359. The average molecular weight is 544 g/mol. The van der Waals surface area contributed by atoms with Crippen LogP contribution in [0.2, 0.25) is 5.02 Å². The molecule has 0 saturated carbocycles. The fraction of sp³-hybridized carbons (Fsp3) is 0.185. The predicted molar refractivity (Wildman–Crippen MR) is 150 cm³/mol. The molecular weight excluding hydrogens is 522 g/mol. The lowest BCUT2D eigenvalue weighted by molar-refractivity contribution is 0.102. The summed E-state index contributed by atoms with van der Waals surface area (Å²) in [6.45, 7) is 3.65. The molecule has 0 unspecified atom stereocenters. The summed E-state index contributed by atoms with van der Waals surface area (Å²) in [5.41, 5.74) is 4.60. The minimum atomic E-state index is -0.359. The lowest BCUT2D eigenvalue weighted by Crippen LogP contribution is -2.31. The van der Waals surface area contributed by atoms with Crippen molar-refractivity contribution in [2.45, 2.75) is 13.3 Å². The van der Waals surface area contributed by atoms with E-state index < -0.39 is 0 Å². The first kappa shape index (κ1) is 24.2. The number of aliphatic imine (C=N–C) groups is 1. The van der Waals surface area contributed by atoms with Gasteiger partial charge in [-0.25, -0.2) is 9.97 Å². The number of ether oxygens (including phenoxy) is 1. The Morgan fingerprint density at radius 2 is 2.05 bits per heavy atom. The number of hydrogen-bond donors (Lipinski definition) is 1. The van der Waals surface area contributed by atoms with E-state index in [0.717, 1.165) is 42.3 Å². The van der Waals surface area contributed by atoms with Crippen LogP contribution in [-0.4, -0.2) is 56.8 Å². The van der Waals surface area contributed by atoms with Crippen molar-refractivity contribution in [1.29, 1.82) is 0 Å². The lowest BCUT2D eigenvalue weighted by Gasteiger charge is -2.27. The second kappa shape index (κ2) is 9.96. The number of fused-ring (bicyclic) bond motifs is 2. The molecule has 11 heteroatoms. The van der Waals surface area contributed by atoms with E-state index in [0.29, 0.717) is 43.1 Å². The second-order valence-electron chi connectivity index (χ2n) is 8.78. The molecule has 0 aliphatic carbocycles. The van der Waals surface area contributed by atoms with Gasteiger partial charge in [-0.1, -0.05) is 22.9 Å². The molecule has 5 heterocycles. The zero-order valence-corrected chi connectivity index (χ0v) is 22.2. The van der Waals surface area contributed by atoms with Gasteiger partial charge in [-0.15, -0.1) is 0 Å². The summed E-state index contributed by atoms with van der Waals surface area (Å²) in [4.78, 5) is 38.8. The Hall–Kier alpha value is -4.15. The number of amides is 1. The molecule has 0 spiro atoms. The molecule has 0 radical (unpaired) electrons. The van der Waals surface area contributed by atoms with Crippen LogP contribution < -0.4 is 10.1 Å². The molecule has 2 aliphatic heterocycles. The van der Waals surface area contributed by atoms with Crippen molar-refractivity contribution in [2.24, 2.45) is 4.99 Å². The summed E-state index contributed by atoms with van der Waals surface area (Å²) in [6.07, 6.45) is 10.3. The Morgan fingerprint density at radius 1 is 1.16 bits per heavy atom. The van der Waals surface area contributed by atoms with Crippen molar-refractivity contribution < 1.29 is 9.53 Å². The molecule has 1 amide bonds. The highest BCUT2D eigenvalue weighted by Gasteiger charge is 2.20. The number of aromatic nitrogens is 4. The molecule has 3 aromatic heterocycles. The molecule has 38 heavy (non-hydrogen) atoms. The molecule has 0 saturated heterocycles. The summed E-state index contributed by atoms with van der Waals surface area (Å²) in [7, 11) is 1.58. The summed E-state index contributed by atoms with van der Waals surface area (Å²) in [5.74, 6) is 1.18. The highest BCUT2D eigenvalue weighted by molar-refractivity contribution is 7.21. The first-order chi connectivity index (χ1) is 18.5. The number of carbonyl (C=O) groups is 1. The number of nitrogens with zero attached hydrogens (tertiary/aromatic N) is 6. The maximum Gasteiger partial charge on any atom is 0.259 e. The molecule has 0 fully saturated rings. The second-order valence-corrected chi connectivity index (χ2v) is 10.2. The number of hydrogen-bond acceptors (Lipinski definition) is 9. The third kappa shape index (κ3) is 4.64. The number of rotatable bonds is 5. The van der Waals surface area contributed by atoms with Crippen molar-refractivity contribution in [3.8, 4) is 16.9 Å². The van der Waals surface area contributed by atoms with Crippen LogP contribution in [0.15, 0.2) is 60.0 Å². The molecule has 6 rings (SSSR count). The molecule has 9 nitrogen and oxygen atoms in total. The van der Waals surface area contributed by atoms with Gasteiger partial charge in [0.1, 0.15) is 11.6 Å². The maximum atomic E-state index is 13.4. The fourth-order valence-corrected chi connectivity index (χ4v) is 5.33. The minimum Gasteiger partial charge on any atom is -0.496 e. The van der Waals surface area contributed by atoms with Gasteiger partial charge in [-0.2, -0.15) is 4.98 Å². The summed E-state index contributed by atoms with van der Waals surface area (Å²) in [6, 6.07) is 7.11. The summed E-state index contributed by atoms with van der Waals surface area (Å²) < 4.78 is 5.52. The Bertz CT molecular complexity index is 1680. The van der Waals surface area contributed by atoms with Crippen molar-refractivity contribution >= 4 is 55.9 Å². The number of nitrogens with one attached hydrogen (secondary N) is 1. The van der Waals surface area contributed by atoms with Crippen molar-refractivity contribution in [1.82, 2.24) is 24.8 Å². The molecular formula is C27H22ClN7O2S. The van der Waals surface area contributed by atoms with E-state index in [1.165, 1.54) is 11.3 Å². The zero-order valence-electron chi connectivity index (χ0n) is 20.6. The third-order valence-electron chi connectivity index (χ3n) is 6.22. The van der Waals surface area contributed by atoms with Crippen LogP contribution in [-0.2, 0) is 0 Å². The monoisotopic (exact) mass is 543 g/mol. The van der Waals surface area contributed by atoms with Gasteiger partial charge in [0.2, 0.25) is 0 Å². The SMILES string of the molecule is COc1ccc(Cl)cc1-c1cc(C)ncc1C(=O)Nc1nc2ncc(C3=CC4=NCCCN4C=C3)nc2s1. The molecule has 0 bridgehead atoms. The number of halogens is 1. The predicted octanol–water partition coefficient (Wildman–Crippen LogP) is 5.39. The standard InChI is InChI=1S/C27H22ClN7O2S/c1-15-10-18(19-12-17(28)4-5-22(19)37-2)20(13-30-15)25(36)34-27-33-24-26(38-27)32-21(14-31-24)16-6-9-35-8-3-7-29-23(35)11-16/h4-6,9-14H,3,7-8H2,1-2H3,(H,31,33,34,36). The van der Waals surface area contributed by atoms with Crippen LogP contribution in [0.25, 0.3) is 27.2 Å². The van der Waals surface area contributed by atoms with Crippen molar-refractivity contribution in [2.75, 3.05) is 25.5 Å². The van der Waals surface area contributed by atoms with Gasteiger partial charge >= 0.3 is 0 Å². The Morgan fingerprint density at radius 3 is 2.92 bits per heavy atom. The molecule has 2 aliphatic rings. The number of amidine groups is 1. The fourth-order valence-electron chi connectivity index (χ4n) is 4.37. The highest BCUT2D eigenvalue weighted by atomic mass is 35.5. The van der Waals surface area contributed by atoms with Gasteiger partial charge in [-0.05, 0) is 49.8 Å². The van der Waals surface area contributed by atoms with Crippen LogP contribution in [0.1, 0.15) is 28.2 Å². The molecule has 190 valence electrons. The number of carbonyl (C=O) groups excluding carboxylic acids is 1. The van der Waals surface area contributed by atoms with Gasteiger partial charge in [0, 0.05) is 52.9 Å². The number of pyridine rings is 1. The third-order valence-corrected chi connectivity index (χ3v) is 7.31. The van der Waals surface area contributed by atoms with Crippen LogP contribution in [0.4, 0.5) is 5.13 Å². The smallest absolute Gasteiger partial charge is 0.259 e. The van der Waals surface area contributed by atoms with Crippen LogP contribution >= 0.6 is 22.9 Å². The first-order valence-electron chi connectivity index (χ1n) is 12.0. The number of methoxy groups -OCH3 is 1. The van der Waals surface area contributed by atoms with Crippen LogP contribution in [0.5, 0.6) is 5.75 Å². The van der Waals surface area contributed by atoms with E-state index in [4.69, 9.17) is 21.3 Å². The topological polar surface area (TPSA) is 105 Å². The van der Waals surface area contributed by atoms with Gasteiger partial charge < -0.3 is 9.64 Å². The number of aryl methyl sites for hydroxylation is 1. The maximum absolute atomic E-state index is 13.4. The first-order valence-corrected chi connectivity index (χ1v) is 13.1. The van der Waals surface area contributed by atoms with Gasteiger partial charge in [0.15, 0.2) is 15.6 Å². The van der Waals surface area contributed by atoms with Crippen molar-refractivity contribution in [3.05, 3.63) is 77.0 Å². The summed E-state index contributed by atoms with van der Waals surface area (Å²) in [5, 5.41) is 3.81. The Balaban J connectivity index is 1.30. The summed E-state index contributed by atoms with van der Waals surface area (Å²) >= 11 is 7.52. The highest BCUT2D eigenvalue weighted by Crippen LogP contribution is 2.35. The number of benzene rings is 1. The normalized spacial score (nSPS) is 14.7. The van der Waals surface area contributed by atoms with Crippen LogP contribution in [0.3, 0.4) is 0 Å². The number of allylic oxidation sites excluding steroid dienone is 2. The Kier molecular flexibility index (Phi) is 6.34. The molecule has 4 aromatic rings. The van der Waals surface area contributed by atoms with E-state index in [1.54, 1.807) is 37.7 Å². The van der Waals surface area contributed by atoms with Gasteiger partial charge in [0.05, 0.1) is 24.6 Å². The molecule has 0 atom stereocenters. The molecule has 1 N–H and O–H groups in total. The zero-order chi connectivity index (χ0) is 26.2. The largest absolute Gasteiger partial charge is 0.496 e. The van der Waals surface area contributed by atoms with Crippen molar-refractivity contribution in [3.63, 3.8) is 0 Å².